The predicted molar refractivity (Wildman–Crippen MR) is 282 cm³/mol. The van der Waals surface area contributed by atoms with Crippen molar-refractivity contribution in [2.45, 2.75) is 55.4 Å². The van der Waals surface area contributed by atoms with Crippen molar-refractivity contribution in [2.75, 3.05) is 0 Å². The lowest BCUT2D eigenvalue weighted by Gasteiger charge is -2.26. The van der Waals surface area contributed by atoms with Gasteiger partial charge in [-0.15, -0.1) is 0 Å². The van der Waals surface area contributed by atoms with E-state index in [4.69, 9.17) is 17.4 Å². The minimum atomic E-state index is -2.08. The smallest absolute Gasteiger partial charge is 0.453 e. The maximum atomic E-state index is 7.59. The molecule has 0 saturated heterocycles. The second-order valence-corrected chi connectivity index (χ2v) is 20.8. The Morgan fingerprint density at radius 1 is 0.379 bits per heavy atom. The molecule has 0 aliphatic heterocycles. The fraction of sp³-hybridized carbons (Fsp3) is 0.133. The second kappa shape index (κ2) is 16.6. The number of fused-ring (bicyclic) bond motifs is 9. The molecule has 66 heavy (non-hydrogen) atoms. The SMILES string of the molecule is Cc1ccc2c(-c3c(Op4oc5c(C)cc6cc(C)ccc6c5c5c(o4)c(C)cc4cc(C)ccc45)c(C)cc4cc(C)ccc34)c(OP(c3ccccc3)c3ccccc3)c(C)cc2c1. The van der Waals surface area contributed by atoms with E-state index in [1.807, 2.05) is 0 Å². The molecule has 0 radical (unpaired) electrons. The number of hydrogen-bond donors (Lipinski definition) is 0. The Hall–Kier alpha value is -6.83. The Balaban J connectivity index is 1.24. The van der Waals surface area contributed by atoms with E-state index in [0.29, 0.717) is 5.75 Å². The van der Waals surface area contributed by atoms with Crippen LogP contribution in [0, 0.1) is 55.4 Å². The van der Waals surface area contributed by atoms with Crippen LogP contribution >= 0.6 is 16.4 Å². The van der Waals surface area contributed by atoms with E-state index in [1.165, 1.54) is 22.3 Å². The standard InChI is InChI=1S/C60H50O4P2/c1-35-19-23-49-43(27-35)31-39(5)57(61-65(47-15-11-9-12-16-47)48-17-13-10-14-18-48)53(49)54-50-24-20-36(2)28-44(50)32-40(6)58(54)62-66-63-59-41(7)33-45-29-37(3)21-25-51(45)55(59)56-52-26-22-38(4)30-46(52)34-42(8)60(56)64-66/h9-34H,1-8H3. The van der Waals surface area contributed by atoms with Crippen LogP contribution in [0.3, 0.4) is 0 Å². The van der Waals surface area contributed by atoms with Crippen molar-refractivity contribution >= 4 is 92.0 Å². The molecule has 1 heterocycles. The van der Waals surface area contributed by atoms with Crippen molar-refractivity contribution in [3.05, 3.63) is 202 Å². The van der Waals surface area contributed by atoms with Crippen LogP contribution in [0.2, 0.25) is 0 Å². The minimum Gasteiger partial charge on any atom is -0.464 e. The summed E-state index contributed by atoms with van der Waals surface area (Å²) < 4.78 is 29.6. The molecule has 0 N–H and O–H groups in total. The monoisotopic (exact) mass is 896 g/mol. The number of rotatable bonds is 7. The lowest BCUT2D eigenvalue weighted by Crippen LogP contribution is -2.16. The van der Waals surface area contributed by atoms with E-state index >= 15 is 0 Å². The van der Waals surface area contributed by atoms with Gasteiger partial charge in [0, 0.05) is 32.5 Å². The molecule has 11 rings (SSSR count). The summed E-state index contributed by atoms with van der Waals surface area (Å²) >= 11 is 0. The Kier molecular flexibility index (Phi) is 10.5. The summed E-state index contributed by atoms with van der Waals surface area (Å²) in [7, 11) is -3.36. The number of hydrogen-bond acceptors (Lipinski definition) is 4. The first-order valence-corrected chi connectivity index (χ1v) is 24.9. The Bertz CT molecular complexity index is 3650. The molecule has 0 spiro atoms. The predicted octanol–water partition coefficient (Wildman–Crippen LogP) is 17.3. The van der Waals surface area contributed by atoms with E-state index < -0.39 is 16.4 Å². The molecule has 0 unspecified atom stereocenters. The molecule has 0 bridgehead atoms. The molecule has 0 saturated carbocycles. The molecule has 4 nitrogen and oxygen atoms in total. The second-order valence-electron chi connectivity index (χ2n) is 18.0. The van der Waals surface area contributed by atoms with E-state index in [-0.39, 0.29) is 0 Å². The molecule has 1 aromatic heterocycles. The molecule has 0 aliphatic rings. The zero-order chi connectivity index (χ0) is 45.4. The maximum absolute atomic E-state index is 7.59. The van der Waals surface area contributed by atoms with Crippen LogP contribution < -0.4 is 19.7 Å². The highest BCUT2D eigenvalue weighted by Gasteiger charge is 2.28. The summed E-state index contributed by atoms with van der Waals surface area (Å²) in [6.07, 6.45) is 0. The molecular formula is C60H50O4P2. The first kappa shape index (κ1) is 41.8. The van der Waals surface area contributed by atoms with Crippen LogP contribution in [-0.4, -0.2) is 0 Å². The van der Waals surface area contributed by atoms with Crippen LogP contribution in [0.25, 0.3) is 76.2 Å². The van der Waals surface area contributed by atoms with Crippen LogP contribution in [-0.2, 0) is 0 Å². The normalized spacial score (nSPS) is 11.8. The lowest BCUT2D eigenvalue weighted by atomic mass is 9.88. The zero-order valence-electron chi connectivity index (χ0n) is 38.5. The van der Waals surface area contributed by atoms with Gasteiger partial charge in [0.2, 0.25) is 0 Å². The van der Waals surface area contributed by atoms with Gasteiger partial charge in [-0.1, -0.05) is 156 Å². The Morgan fingerprint density at radius 2 is 0.742 bits per heavy atom. The quantitative estimate of drug-likeness (QED) is 0.150. The highest BCUT2D eigenvalue weighted by atomic mass is 31.1. The van der Waals surface area contributed by atoms with Gasteiger partial charge in [0.15, 0.2) is 8.15 Å². The molecule has 0 aliphatic carbocycles. The van der Waals surface area contributed by atoms with E-state index in [9.17, 15) is 0 Å². The van der Waals surface area contributed by atoms with Crippen LogP contribution in [0.5, 0.6) is 11.5 Å². The van der Waals surface area contributed by atoms with Crippen LogP contribution in [0.15, 0.2) is 166 Å². The zero-order valence-corrected chi connectivity index (χ0v) is 40.3. The highest BCUT2D eigenvalue weighted by molar-refractivity contribution is 7.68. The van der Waals surface area contributed by atoms with Gasteiger partial charge in [-0.05, 0) is 145 Å². The van der Waals surface area contributed by atoms with Crippen LogP contribution in [0.1, 0.15) is 44.5 Å². The average molecular weight is 897 g/mol. The number of benzene rings is 10. The third-order valence-electron chi connectivity index (χ3n) is 12.9. The lowest BCUT2D eigenvalue weighted by molar-refractivity contribution is 0.496. The van der Waals surface area contributed by atoms with Gasteiger partial charge < -0.3 is 17.4 Å². The Morgan fingerprint density at radius 3 is 1.18 bits per heavy atom. The molecular weight excluding hydrogens is 847 g/mol. The van der Waals surface area contributed by atoms with Crippen molar-refractivity contribution < 1.29 is 17.4 Å². The highest BCUT2D eigenvalue weighted by Crippen LogP contribution is 2.54. The van der Waals surface area contributed by atoms with Crippen molar-refractivity contribution in [1.29, 1.82) is 0 Å². The van der Waals surface area contributed by atoms with E-state index in [0.717, 1.165) is 115 Å². The minimum absolute atomic E-state index is 0.701. The molecule has 0 fully saturated rings. The fourth-order valence-corrected chi connectivity index (χ4v) is 12.9. The average Bonchev–Trinajstić information content (AvgIpc) is 3.47. The maximum Gasteiger partial charge on any atom is 0.453 e. The van der Waals surface area contributed by atoms with Gasteiger partial charge in [-0.3, -0.25) is 0 Å². The van der Waals surface area contributed by atoms with Gasteiger partial charge in [0.05, 0.1) is 0 Å². The molecule has 6 heteroatoms. The van der Waals surface area contributed by atoms with Gasteiger partial charge in [-0.2, -0.15) is 0 Å². The first-order valence-electron chi connectivity index (χ1n) is 22.6. The third-order valence-corrected chi connectivity index (χ3v) is 15.8. The molecule has 10 aromatic carbocycles. The molecule has 11 aromatic rings. The van der Waals surface area contributed by atoms with Gasteiger partial charge in [0.1, 0.15) is 22.7 Å². The number of aryl methyl sites for hydroxylation is 8. The van der Waals surface area contributed by atoms with Crippen molar-refractivity contribution in [1.82, 2.24) is 0 Å². The van der Waals surface area contributed by atoms with E-state index in [2.05, 4.69) is 213 Å². The van der Waals surface area contributed by atoms with Crippen molar-refractivity contribution in [3.63, 3.8) is 0 Å². The summed E-state index contributed by atoms with van der Waals surface area (Å²) in [5.74, 6) is 1.52. The summed E-state index contributed by atoms with van der Waals surface area (Å²) in [5, 5.41) is 13.3. The van der Waals surface area contributed by atoms with Crippen molar-refractivity contribution in [3.8, 4) is 22.6 Å². The summed E-state index contributed by atoms with van der Waals surface area (Å²) in [4.78, 5) is 0. The topological polar surface area (TPSA) is 44.7 Å². The largest absolute Gasteiger partial charge is 0.464 e. The third kappa shape index (κ3) is 7.30. The van der Waals surface area contributed by atoms with Gasteiger partial charge in [0.25, 0.3) is 0 Å². The van der Waals surface area contributed by atoms with Gasteiger partial charge in [-0.25, -0.2) is 0 Å². The molecule has 324 valence electrons. The summed E-state index contributed by atoms with van der Waals surface area (Å²) in [6.45, 7) is 17.2. The van der Waals surface area contributed by atoms with Crippen LogP contribution in [0.4, 0.5) is 0 Å². The van der Waals surface area contributed by atoms with Crippen molar-refractivity contribution in [2.24, 2.45) is 0 Å². The van der Waals surface area contributed by atoms with Gasteiger partial charge >= 0.3 is 8.24 Å². The van der Waals surface area contributed by atoms with E-state index in [1.54, 1.807) is 0 Å². The summed E-state index contributed by atoms with van der Waals surface area (Å²) in [6, 6.07) is 56.9. The fourth-order valence-electron chi connectivity index (χ4n) is 9.81. The first-order chi connectivity index (χ1) is 32.0. The summed E-state index contributed by atoms with van der Waals surface area (Å²) in [5.41, 5.74) is 12.3. The Labute approximate surface area is 387 Å². The molecule has 0 atom stereocenters. The molecule has 0 amide bonds.